The first kappa shape index (κ1) is 26.5. The Kier molecular flexibility index (Phi) is 10.8. The lowest BCUT2D eigenvalue weighted by atomic mass is 10.1. The molecule has 1 saturated heterocycles. The number of hydrogen-bond acceptors (Lipinski definition) is 5. The maximum absolute atomic E-state index is 12.3. The molecule has 1 amide bonds. The molecule has 0 bridgehead atoms. The van der Waals surface area contributed by atoms with Gasteiger partial charge in [-0.3, -0.25) is 9.59 Å². The summed E-state index contributed by atoms with van der Waals surface area (Å²) in [6.07, 6.45) is 9.07. The van der Waals surface area contributed by atoms with Gasteiger partial charge in [0.1, 0.15) is 11.5 Å². The molecule has 1 fully saturated rings. The zero-order valence-corrected chi connectivity index (χ0v) is 20.6. The van der Waals surface area contributed by atoms with Crippen LogP contribution in [0.1, 0.15) is 57.4 Å². The summed E-state index contributed by atoms with van der Waals surface area (Å²) in [4.78, 5) is 25.7. The van der Waals surface area contributed by atoms with Crippen molar-refractivity contribution in [2.24, 2.45) is 0 Å². The molecule has 1 aliphatic rings. The van der Waals surface area contributed by atoms with E-state index in [0.717, 1.165) is 49.2 Å². The van der Waals surface area contributed by atoms with Gasteiger partial charge < -0.3 is 19.5 Å². The molecular weight excluding hydrogens is 442 g/mol. The maximum atomic E-state index is 12.3. The molecule has 1 N–H and O–H groups in total. The number of esters is 1. The van der Waals surface area contributed by atoms with E-state index in [1.54, 1.807) is 6.08 Å². The van der Waals surface area contributed by atoms with Crippen molar-refractivity contribution in [3.63, 3.8) is 0 Å². The van der Waals surface area contributed by atoms with E-state index in [9.17, 15) is 14.7 Å². The predicted molar refractivity (Wildman–Crippen MR) is 136 cm³/mol. The second-order valence-corrected chi connectivity index (χ2v) is 8.88. The van der Waals surface area contributed by atoms with Crippen molar-refractivity contribution in [2.45, 2.75) is 70.4 Å². The smallest absolute Gasteiger partial charge is 0.305 e. The van der Waals surface area contributed by atoms with E-state index in [1.807, 2.05) is 72.5 Å². The zero-order valence-electron chi connectivity index (χ0n) is 20.6. The van der Waals surface area contributed by atoms with Gasteiger partial charge in [-0.15, -0.1) is 0 Å². The van der Waals surface area contributed by atoms with Crippen molar-refractivity contribution in [2.75, 3.05) is 13.2 Å². The fourth-order valence-electron chi connectivity index (χ4n) is 4.31. The highest BCUT2D eigenvalue weighted by Crippen LogP contribution is 2.24. The van der Waals surface area contributed by atoms with Gasteiger partial charge in [-0.1, -0.05) is 55.3 Å². The van der Waals surface area contributed by atoms with Crippen LogP contribution in [0.2, 0.25) is 0 Å². The Hall–Kier alpha value is -3.12. The van der Waals surface area contributed by atoms with Crippen molar-refractivity contribution < 1.29 is 24.2 Å². The Morgan fingerprint density at radius 2 is 1.86 bits per heavy atom. The van der Waals surface area contributed by atoms with Crippen LogP contribution in [0.3, 0.4) is 0 Å². The quantitative estimate of drug-likeness (QED) is 0.222. The molecule has 1 unspecified atom stereocenters. The van der Waals surface area contributed by atoms with E-state index in [-0.39, 0.29) is 17.9 Å². The fraction of sp³-hybridized carbons (Fsp3) is 0.448. The molecule has 6 nitrogen and oxygen atoms in total. The van der Waals surface area contributed by atoms with Gasteiger partial charge in [-0.25, -0.2) is 0 Å². The van der Waals surface area contributed by atoms with E-state index in [2.05, 4.69) is 0 Å². The number of carbonyl (C=O) groups excluding carboxylic acids is 2. The third-order valence-electron chi connectivity index (χ3n) is 6.09. The molecule has 0 aliphatic carbocycles. The molecule has 2 aromatic carbocycles. The first-order valence-corrected chi connectivity index (χ1v) is 12.7. The summed E-state index contributed by atoms with van der Waals surface area (Å²) in [6.45, 7) is 2.95. The molecule has 0 aromatic heterocycles. The van der Waals surface area contributed by atoms with Crippen molar-refractivity contribution in [3.8, 4) is 11.5 Å². The minimum absolute atomic E-state index is 0.0319. The Morgan fingerprint density at radius 3 is 2.66 bits per heavy atom. The van der Waals surface area contributed by atoms with Gasteiger partial charge >= 0.3 is 5.97 Å². The van der Waals surface area contributed by atoms with Crippen molar-refractivity contribution in [3.05, 3.63) is 72.3 Å². The van der Waals surface area contributed by atoms with Gasteiger partial charge in [-0.05, 0) is 56.0 Å². The predicted octanol–water partition coefficient (Wildman–Crippen LogP) is 5.44. The number of likely N-dealkylation sites (tertiary alicyclic amines) is 1. The topological polar surface area (TPSA) is 76.1 Å². The van der Waals surface area contributed by atoms with Crippen LogP contribution in [0.4, 0.5) is 0 Å². The second kappa shape index (κ2) is 14.3. The summed E-state index contributed by atoms with van der Waals surface area (Å²) < 4.78 is 10.8. The highest BCUT2D eigenvalue weighted by molar-refractivity contribution is 5.79. The number of hydrogen-bond donors (Lipinski definition) is 1. The van der Waals surface area contributed by atoms with Gasteiger partial charge in [0, 0.05) is 25.8 Å². The summed E-state index contributed by atoms with van der Waals surface area (Å²) in [5, 5.41) is 10.6. The summed E-state index contributed by atoms with van der Waals surface area (Å²) in [6, 6.07) is 17.4. The van der Waals surface area contributed by atoms with Crippen molar-refractivity contribution in [1.29, 1.82) is 0 Å². The number of unbranched alkanes of at least 4 members (excludes halogenated alkanes) is 3. The average molecular weight is 480 g/mol. The van der Waals surface area contributed by atoms with Crippen molar-refractivity contribution in [1.82, 2.24) is 4.90 Å². The van der Waals surface area contributed by atoms with Gasteiger partial charge in [0.15, 0.2) is 0 Å². The molecular formula is C29H37NO5. The third kappa shape index (κ3) is 9.21. The molecule has 3 rings (SSSR count). The normalized spacial score (nSPS) is 16.6. The molecule has 2 aromatic rings. The molecule has 1 heterocycles. The first-order chi connectivity index (χ1) is 17.0. The molecule has 0 spiro atoms. The average Bonchev–Trinajstić information content (AvgIpc) is 3.20. The van der Waals surface area contributed by atoms with Gasteiger partial charge in [-0.2, -0.15) is 0 Å². The van der Waals surface area contributed by atoms with Crippen LogP contribution in [0.15, 0.2) is 66.7 Å². The second-order valence-electron chi connectivity index (χ2n) is 8.88. The lowest BCUT2D eigenvalue weighted by molar-refractivity contribution is -0.143. The summed E-state index contributed by atoms with van der Waals surface area (Å²) >= 11 is 0. The maximum Gasteiger partial charge on any atom is 0.305 e. The number of aliphatic hydroxyl groups excluding tert-OH is 1. The largest absolute Gasteiger partial charge is 0.466 e. The summed E-state index contributed by atoms with van der Waals surface area (Å²) in [5.41, 5.74) is 0.984. The van der Waals surface area contributed by atoms with Crippen LogP contribution in [-0.4, -0.2) is 47.2 Å². The van der Waals surface area contributed by atoms with Crippen molar-refractivity contribution >= 4 is 11.9 Å². The number of ether oxygens (including phenoxy) is 2. The minimum Gasteiger partial charge on any atom is -0.466 e. The molecule has 0 saturated carbocycles. The van der Waals surface area contributed by atoms with E-state index in [0.29, 0.717) is 32.4 Å². The Bertz CT molecular complexity index is 959. The number of rotatable bonds is 14. The van der Waals surface area contributed by atoms with Gasteiger partial charge in [0.25, 0.3) is 0 Å². The number of benzene rings is 2. The van der Waals surface area contributed by atoms with Crippen LogP contribution < -0.4 is 4.74 Å². The van der Waals surface area contributed by atoms with Gasteiger partial charge in [0.05, 0.1) is 18.8 Å². The monoisotopic (exact) mass is 479 g/mol. The van der Waals surface area contributed by atoms with Crippen LogP contribution >= 0.6 is 0 Å². The van der Waals surface area contributed by atoms with Crippen LogP contribution in [0, 0.1) is 0 Å². The Labute approximate surface area is 208 Å². The highest BCUT2D eigenvalue weighted by atomic mass is 16.5. The number of para-hydroxylation sites is 1. The molecule has 188 valence electrons. The van der Waals surface area contributed by atoms with Crippen LogP contribution in [0.5, 0.6) is 11.5 Å². The number of amides is 1. The lowest BCUT2D eigenvalue weighted by Crippen LogP contribution is -2.32. The van der Waals surface area contributed by atoms with Gasteiger partial charge in [0.2, 0.25) is 5.91 Å². The van der Waals surface area contributed by atoms with E-state index in [1.165, 1.54) is 0 Å². The van der Waals surface area contributed by atoms with Crippen LogP contribution in [0.25, 0.3) is 0 Å². The zero-order chi connectivity index (χ0) is 24.9. The first-order valence-electron chi connectivity index (χ1n) is 12.7. The molecule has 6 heteroatoms. The SMILES string of the molecule is CCOC(=O)CCCCCCN1C(=O)CC[C@@H]1C=CC(O)Cc1cccc(Oc2ccccc2)c1. The fourth-order valence-corrected chi connectivity index (χ4v) is 4.31. The molecule has 2 atom stereocenters. The highest BCUT2D eigenvalue weighted by Gasteiger charge is 2.28. The third-order valence-corrected chi connectivity index (χ3v) is 6.09. The molecule has 1 aliphatic heterocycles. The lowest BCUT2D eigenvalue weighted by Gasteiger charge is -2.22. The molecule has 35 heavy (non-hydrogen) atoms. The number of aliphatic hydroxyl groups is 1. The van der Waals surface area contributed by atoms with E-state index < -0.39 is 6.10 Å². The molecule has 0 radical (unpaired) electrons. The minimum atomic E-state index is -0.637. The number of carbonyl (C=O) groups is 2. The standard InChI is InChI=1S/C29H37NO5/c1-2-34-29(33)15-8-3-4-9-20-30-24(17-19-28(30)32)16-18-25(31)21-23-11-10-14-27(22-23)35-26-12-6-5-7-13-26/h5-7,10-14,16,18,22,24-25,31H,2-4,8-9,15,17,19-21H2,1H3/t24-,25?/m0/s1. The van der Waals surface area contributed by atoms with Crippen LogP contribution in [-0.2, 0) is 20.7 Å². The number of nitrogens with zero attached hydrogens (tertiary/aromatic N) is 1. The Balaban J connectivity index is 1.43. The summed E-state index contributed by atoms with van der Waals surface area (Å²) in [7, 11) is 0. The van der Waals surface area contributed by atoms with E-state index >= 15 is 0 Å². The van der Waals surface area contributed by atoms with E-state index in [4.69, 9.17) is 9.47 Å². The summed E-state index contributed by atoms with van der Waals surface area (Å²) in [5.74, 6) is 1.54. The Morgan fingerprint density at radius 1 is 1.09 bits per heavy atom.